The number of anilines is 1. The van der Waals surface area contributed by atoms with Crippen molar-refractivity contribution < 1.29 is 23.7 Å². The third-order valence-electron chi connectivity index (χ3n) is 4.33. The molecule has 0 radical (unpaired) electrons. The molecule has 0 saturated carbocycles. The van der Waals surface area contributed by atoms with Crippen LogP contribution in [0.15, 0.2) is 36.8 Å². The molecule has 0 bridgehead atoms. The molecule has 9 nitrogen and oxygen atoms in total. The summed E-state index contributed by atoms with van der Waals surface area (Å²) < 4.78 is 22.6. The van der Waals surface area contributed by atoms with Crippen molar-refractivity contribution in [1.82, 2.24) is 14.8 Å². The van der Waals surface area contributed by atoms with E-state index in [0.717, 1.165) is 5.56 Å². The van der Waals surface area contributed by atoms with Gasteiger partial charge in [-0.25, -0.2) is 4.68 Å². The summed E-state index contributed by atoms with van der Waals surface area (Å²) in [4.78, 5) is 17.0. The maximum Gasteiger partial charge on any atom is 0.317 e. The van der Waals surface area contributed by atoms with Gasteiger partial charge >= 0.3 is 5.97 Å². The van der Waals surface area contributed by atoms with Gasteiger partial charge in [0.2, 0.25) is 5.95 Å². The van der Waals surface area contributed by atoms with Crippen LogP contribution in [0.1, 0.15) is 11.6 Å². The number of benzene rings is 1. The fraction of sp³-hybridized carbons (Fsp3) is 0.389. The molecule has 144 valence electrons. The Hall–Kier alpha value is -3.07. The van der Waals surface area contributed by atoms with E-state index < -0.39 is 17.9 Å². The Labute approximate surface area is 156 Å². The summed E-state index contributed by atoms with van der Waals surface area (Å²) >= 11 is 0. The lowest BCUT2D eigenvalue weighted by Gasteiger charge is -2.33. The van der Waals surface area contributed by atoms with E-state index in [2.05, 4.69) is 22.0 Å². The van der Waals surface area contributed by atoms with Gasteiger partial charge in [-0.15, -0.1) is 0 Å². The summed E-state index contributed by atoms with van der Waals surface area (Å²) in [6.45, 7) is 4.46. The van der Waals surface area contributed by atoms with Crippen LogP contribution in [0.3, 0.4) is 0 Å². The number of aromatic nitrogens is 3. The number of ether oxygens (including phenoxy) is 4. The van der Waals surface area contributed by atoms with Gasteiger partial charge in [0.15, 0.2) is 11.5 Å². The summed E-state index contributed by atoms with van der Waals surface area (Å²) in [5, 5.41) is 7.29. The zero-order valence-corrected chi connectivity index (χ0v) is 15.5. The molecular formula is C18H22N4O5. The molecule has 0 fully saturated rings. The van der Waals surface area contributed by atoms with Gasteiger partial charge in [-0.3, -0.25) is 4.79 Å². The molecule has 2 aromatic rings. The van der Waals surface area contributed by atoms with Crippen LogP contribution in [0.5, 0.6) is 11.5 Å². The van der Waals surface area contributed by atoms with E-state index in [0.29, 0.717) is 29.8 Å². The molecule has 0 saturated heterocycles. The van der Waals surface area contributed by atoms with Gasteiger partial charge in [0.25, 0.3) is 0 Å². The number of methoxy groups -OCH3 is 3. The van der Waals surface area contributed by atoms with Crippen molar-refractivity contribution in [2.75, 3.05) is 39.9 Å². The van der Waals surface area contributed by atoms with Crippen molar-refractivity contribution in [3.63, 3.8) is 0 Å². The van der Waals surface area contributed by atoms with Crippen LogP contribution in [0.25, 0.3) is 0 Å². The predicted octanol–water partition coefficient (Wildman–Crippen LogP) is 1.63. The highest BCUT2D eigenvalue weighted by Gasteiger charge is 2.40. The maximum atomic E-state index is 12.8. The molecule has 1 aromatic carbocycles. The van der Waals surface area contributed by atoms with E-state index in [-0.39, 0.29) is 6.61 Å². The minimum absolute atomic E-state index is 0.155. The lowest BCUT2D eigenvalue weighted by atomic mass is 9.89. The Morgan fingerprint density at radius 1 is 1.22 bits per heavy atom. The molecule has 0 unspecified atom stereocenters. The average Bonchev–Trinajstić information content (AvgIpc) is 3.14. The molecule has 0 spiro atoms. The van der Waals surface area contributed by atoms with Crippen molar-refractivity contribution in [3.8, 4) is 11.5 Å². The Bertz CT molecular complexity index is 835. The summed E-state index contributed by atoms with van der Waals surface area (Å²) in [6, 6.07) is 4.95. The zero-order valence-electron chi connectivity index (χ0n) is 15.5. The highest BCUT2D eigenvalue weighted by molar-refractivity contribution is 5.79. The quantitative estimate of drug-likeness (QED) is 0.577. The highest BCUT2D eigenvalue weighted by Crippen LogP contribution is 2.40. The van der Waals surface area contributed by atoms with Crippen LogP contribution in [-0.4, -0.2) is 55.3 Å². The molecule has 1 N–H and O–H groups in total. The minimum atomic E-state index is -0.700. The molecular weight excluding hydrogens is 352 g/mol. The normalized spacial score (nSPS) is 18.4. The largest absolute Gasteiger partial charge is 0.493 e. The van der Waals surface area contributed by atoms with Crippen molar-refractivity contribution >= 4 is 11.9 Å². The van der Waals surface area contributed by atoms with Crippen molar-refractivity contribution in [3.05, 3.63) is 42.4 Å². The number of rotatable bonds is 7. The third kappa shape index (κ3) is 3.59. The first-order valence-corrected chi connectivity index (χ1v) is 8.33. The summed E-state index contributed by atoms with van der Waals surface area (Å²) in [5.74, 6) is 0.514. The van der Waals surface area contributed by atoms with E-state index >= 15 is 0 Å². The average molecular weight is 374 g/mol. The Morgan fingerprint density at radius 2 is 2.00 bits per heavy atom. The summed E-state index contributed by atoms with van der Waals surface area (Å²) in [7, 11) is 4.67. The molecule has 2 atom stereocenters. The molecule has 3 rings (SSSR count). The Morgan fingerprint density at radius 3 is 2.70 bits per heavy atom. The number of nitrogens with zero attached hydrogens (tertiary/aromatic N) is 3. The van der Waals surface area contributed by atoms with Crippen LogP contribution in [0.4, 0.5) is 5.95 Å². The molecule has 27 heavy (non-hydrogen) atoms. The van der Waals surface area contributed by atoms with Gasteiger partial charge in [-0.1, -0.05) is 12.6 Å². The first-order chi connectivity index (χ1) is 13.1. The summed E-state index contributed by atoms with van der Waals surface area (Å²) in [6.07, 6.45) is 1.42. The standard InChI is InChI=1S/C18H22N4O5/c1-11-15(17(23)27-8-7-24-2)16(22-18(21-11)19-10-20-22)12-5-6-13(25-3)14(9-12)26-4/h5-6,9-10,15-16H,1,7-8H2,2-4H3,(H,19,20,21)/t15-,16+/m0/s1. The van der Waals surface area contributed by atoms with Crippen LogP contribution in [0, 0.1) is 5.92 Å². The number of carbonyl (C=O) groups excluding carboxylic acids is 1. The number of nitrogens with one attached hydrogen (secondary N) is 1. The van der Waals surface area contributed by atoms with Crippen LogP contribution >= 0.6 is 0 Å². The second kappa shape index (κ2) is 8.09. The van der Waals surface area contributed by atoms with Gasteiger partial charge in [0.1, 0.15) is 18.9 Å². The first-order valence-electron chi connectivity index (χ1n) is 8.33. The van der Waals surface area contributed by atoms with Crippen LogP contribution in [-0.2, 0) is 14.3 Å². The summed E-state index contributed by atoms with van der Waals surface area (Å²) in [5.41, 5.74) is 1.27. The van der Waals surface area contributed by atoms with Crippen molar-refractivity contribution in [2.45, 2.75) is 6.04 Å². The second-order valence-corrected chi connectivity index (χ2v) is 5.88. The Kier molecular flexibility index (Phi) is 5.60. The zero-order chi connectivity index (χ0) is 19.4. The van der Waals surface area contributed by atoms with E-state index in [9.17, 15) is 4.79 Å². The van der Waals surface area contributed by atoms with E-state index in [4.69, 9.17) is 18.9 Å². The minimum Gasteiger partial charge on any atom is -0.493 e. The number of carbonyl (C=O) groups is 1. The van der Waals surface area contributed by atoms with Crippen molar-refractivity contribution in [2.24, 2.45) is 5.92 Å². The van der Waals surface area contributed by atoms with Gasteiger partial charge in [-0.2, -0.15) is 10.1 Å². The second-order valence-electron chi connectivity index (χ2n) is 5.88. The fourth-order valence-electron chi connectivity index (χ4n) is 3.05. The molecule has 0 amide bonds. The van der Waals surface area contributed by atoms with E-state index in [1.54, 1.807) is 32.1 Å². The molecule has 9 heteroatoms. The fourth-order valence-corrected chi connectivity index (χ4v) is 3.05. The Balaban J connectivity index is 2.02. The SMILES string of the molecule is C=C1Nc2ncnn2[C@H](c2ccc(OC)c(OC)c2)[C@H]1C(=O)OCCOC. The van der Waals surface area contributed by atoms with E-state index in [1.807, 2.05) is 12.1 Å². The number of hydrogen-bond donors (Lipinski definition) is 1. The highest BCUT2D eigenvalue weighted by atomic mass is 16.6. The lowest BCUT2D eigenvalue weighted by molar-refractivity contribution is -0.149. The van der Waals surface area contributed by atoms with Gasteiger partial charge in [0, 0.05) is 12.8 Å². The smallest absolute Gasteiger partial charge is 0.317 e. The molecule has 1 aliphatic heterocycles. The number of esters is 1. The maximum absolute atomic E-state index is 12.8. The monoisotopic (exact) mass is 374 g/mol. The van der Waals surface area contributed by atoms with Crippen LogP contribution < -0.4 is 14.8 Å². The van der Waals surface area contributed by atoms with Crippen molar-refractivity contribution in [1.29, 1.82) is 0 Å². The number of fused-ring (bicyclic) bond motifs is 1. The number of hydrogen-bond acceptors (Lipinski definition) is 8. The van der Waals surface area contributed by atoms with Gasteiger partial charge < -0.3 is 24.3 Å². The van der Waals surface area contributed by atoms with Gasteiger partial charge in [0.05, 0.1) is 26.9 Å². The topological polar surface area (TPSA) is 96.7 Å². The molecule has 0 aliphatic carbocycles. The molecule has 1 aliphatic rings. The van der Waals surface area contributed by atoms with E-state index in [1.165, 1.54) is 6.33 Å². The van der Waals surface area contributed by atoms with Crippen LogP contribution in [0.2, 0.25) is 0 Å². The predicted molar refractivity (Wildman–Crippen MR) is 96.8 cm³/mol. The molecule has 1 aromatic heterocycles. The lowest BCUT2D eigenvalue weighted by Crippen LogP contribution is -2.38. The molecule has 2 heterocycles. The van der Waals surface area contributed by atoms with Gasteiger partial charge in [-0.05, 0) is 17.7 Å². The third-order valence-corrected chi connectivity index (χ3v) is 4.33. The first kappa shape index (κ1) is 18.7.